The van der Waals surface area contributed by atoms with Gasteiger partial charge in [0.25, 0.3) is 0 Å². The van der Waals surface area contributed by atoms with Crippen LogP contribution in [-0.4, -0.2) is 16.8 Å². The highest BCUT2D eigenvalue weighted by Crippen LogP contribution is 2.41. The Labute approximate surface area is 154 Å². The molecular formula is C21H24ClOSi. The number of hydrogen-bond acceptors (Lipinski definition) is 1. The normalized spacial score (nSPS) is 11.4. The van der Waals surface area contributed by atoms with Crippen LogP contribution in [0.3, 0.4) is 0 Å². The van der Waals surface area contributed by atoms with Gasteiger partial charge in [-0.05, 0) is 35.1 Å². The number of benzene rings is 2. The van der Waals surface area contributed by atoms with E-state index in [9.17, 15) is 0 Å². The molecule has 0 amide bonds. The zero-order chi connectivity index (χ0) is 17.9. The van der Waals surface area contributed by atoms with Crippen LogP contribution in [0.4, 0.5) is 0 Å². The first-order valence-corrected chi connectivity index (χ1v) is 9.11. The lowest BCUT2D eigenvalue weighted by Gasteiger charge is -2.26. The van der Waals surface area contributed by atoms with Gasteiger partial charge < -0.3 is 4.74 Å². The Balaban J connectivity index is 2.80. The maximum Gasteiger partial charge on any atom is 0.131 e. The van der Waals surface area contributed by atoms with E-state index in [2.05, 4.69) is 62.7 Å². The molecule has 0 saturated heterocycles. The van der Waals surface area contributed by atoms with Crippen LogP contribution in [0.15, 0.2) is 43.0 Å². The van der Waals surface area contributed by atoms with Gasteiger partial charge in [0, 0.05) is 17.0 Å². The van der Waals surface area contributed by atoms with E-state index >= 15 is 0 Å². The summed E-state index contributed by atoms with van der Waals surface area (Å²) in [5, 5.41) is 1.01. The second-order valence-electron chi connectivity index (χ2n) is 7.00. The Morgan fingerprint density at radius 3 is 2.50 bits per heavy atom. The van der Waals surface area contributed by atoms with Crippen LogP contribution in [0, 0.1) is 6.92 Å². The fourth-order valence-electron chi connectivity index (χ4n) is 2.81. The number of aryl methyl sites for hydroxylation is 1. The molecule has 0 heterocycles. The summed E-state index contributed by atoms with van der Waals surface area (Å²) < 4.78 is 6.12. The third-order valence-electron chi connectivity index (χ3n) is 3.99. The van der Waals surface area contributed by atoms with Crippen molar-refractivity contribution < 1.29 is 4.74 Å². The number of rotatable bonds is 5. The van der Waals surface area contributed by atoms with Crippen molar-refractivity contribution in [1.82, 2.24) is 0 Å². The molecule has 2 aromatic carbocycles. The smallest absolute Gasteiger partial charge is 0.131 e. The van der Waals surface area contributed by atoms with Gasteiger partial charge in [-0.25, -0.2) is 0 Å². The third-order valence-corrected chi connectivity index (χ3v) is 4.72. The van der Waals surface area contributed by atoms with E-state index in [1.54, 1.807) is 6.08 Å². The molecule has 0 aliphatic carbocycles. The molecule has 0 spiro atoms. The van der Waals surface area contributed by atoms with Crippen LogP contribution in [0.25, 0.3) is 11.1 Å². The van der Waals surface area contributed by atoms with Gasteiger partial charge in [-0.15, -0.1) is 11.6 Å². The van der Waals surface area contributed by atoms with Gasteiger partial charge in [0.2, 0.25) is 0 Å². The highest BCUT2D eigenvalue weighted by Gasteiger charge is 2.24. The van der Waals surface area contributed by atoms with Crippen molar-refractivity contribution in [3.05, 3.63) is 59.7 Å². The number of hydrogen-bond donors (Lipinski definition) is 0. The summed E-state index contributed by atoms with van der Waals surface area (Å²) in [6.45, 7) is 13.0. The molecule has 1 nitrogen and oxygen atoms in total. The maximum absolute atomic E-state index is 6.23. The maximum atomic E-state index is 6.23. The third kappa shape index (κ3) is 3.93. The predicted molar refractivity (Wildman–Crippen MR) is 106 cm³/mol. The number of alkyl halides is 1. The van der Waals surface area contributed by atoms with Crippen LogP contribution in [0.2, 0.25) is 0 Å². The molecule has 0 saturated carbocycles. The predicted octanol–water partition coefficient (Wildman–Crippen LogP) is 5.06. The van der Waals surface area contributed by atoms with Crippen LogP contribution < -0.4 is 9.92 Å². The fraction of sp³-hybridized carbons (Fsp3) is 0.333. The van der Waals surface area contributed by atoms with Gasteiger partial charge in [0.05, 0.1) is 10.2 Å². The van der Waals surface area contributed by atoms with E-state index in [0.717, 1.165) is 27.6 Å². The SMILES string of the molecule is C=CCOc1c(-c2cccc([Si])c2CCl)cc(C)cc1C(C)(C)C. The second-order valence-corrected chi connectivity index (χ2v) is 7.81. The van der Waals surface area contributed by atoms with Gasteiger partial charge in [-0.3, -0.25) is 0 Å². The summed E-state index contributed by atoms with van der Waals surface area (Å²) in [6, 6.07) is 10.5. The quantitative estimate of drug-likeness (QED) is 0.414. The molecule has 2 aromatic rings. The molecule has 125 valence electrons. The molecule has 0 aliphatic heterocycles. The lowest BCUT2D eigenvalue weighted by atomic mass is 9.82. The summed E-state index contributed by atoms with van der Waals surface area (Å²) in [5.41, 5.74) is 5.64. The minimum atomic E-state index is -0.0238. The zero-order valence-corrected chi connectivity index (χ0v) is 16.6. The van der Waals surface area contributed by atoms with Crippen molar-refractivity contribution >= 4 is 27.0 Å². The van der Waals surface area contributed by atoms with Crippen molar-refractivity contribution in [2.45, 2.75) is 39.0 Å². The van der Waals surface area contributed by atoms with Gasteiger partial charge >= 0.3 is 0 Å². The summed E-state index contributed by atoms with van der Waals surface area (Å²) in [5.74, 6) is 1.35. The molecule has 0 unspecified atom stereocenters. The van der Waals surface area contributed by atoms with E-state index < -0.39 is 0 Å². The van der Waals surface area contributed by atoms with E-state index in [1.807, 2.05) is 12.1 Å². The number of ether oxygens (including phenoxy) is 1. The Kier molecular flexibility index (Phi) is 5.95. The first-order chi connectivity index (χ1) is 11.3. The first-order valence-electron chi connectivity index (χ1n) is 8.08. The summed E-state index contributed by atoms with van der Waals surface area (Å²) in [4.78, 5) is 0. The van der Waals surface area contributed by atoms with E-state index in [-0.39, 0.29) is 5.41 Å². The monoisotopic (exact) mass is 355 g/mol. The molecule has 0 aliphatic rings. The number of halogens is 1. The zero-order valence-electron chi connectivity index (χ0n) is 14.9. The molecule has 3 heteroatoms. The van der Waals surface area contributed by atoms with Gasteiger partial charge in [0.1, 0.15) is 12.4 Å². The second kappa shape index (κ2) is 7.58. The van der Waals surface area contributed by atoms with Crippen molar-refractivity contribution in [2.75, 3.05) is 6.61 Å². The van der Waals surface area contributed by atoms with Gasteiger partial charge in [0.15, 0.2) is 0 Å². The first kappa shape index (κ1) is 18.8. The lowest BCUT2D eigenvalue weighted by molar-refractivity contribution is 0.352. The standard InChI is InChI=1S/C21H24ClOSi/c1-6-10-23-20-16(11-14(2)12-18(20)21(3,4)5)15-8-7-9-19(24)17(15)13-22/h6-9,11-12H,1,10,13H2,2-5H3. The molecular weight excluding hydrogens is 332 g/mol. The van der Waals surface area contributed by atoms with E-state index in [1.165, 1.54) is 11.1 Å². The Hall–Kier alpha value is -1.51. The molecule has 3 radical (unpaired) electrons. The van der Waals surface area contributed by atoms with Crippen molar-refractivity contribution in [3.63, 3.8) is 0 Å². The van der Waals surface area contributed by atoms with E-state index in [0.29, 0.717) is 12.5 Å². The van der Waals surface area contributed by atoms with Crippen molar-refractivity contribution in [1.29, 1.82) is 0 Å². The fourth-order valence-corrected chi connectivity index (χ4v) is 3.53. The molecule has 0 bridgehead atoms. The van der Waals surface area contributed by atoms with Gasteiger partial charge in [-0.2, -0.15) is 0 Å². The highest BCUT2D eigenvalue weighted by atomic mass is 35.5. The Bertz CT molecular complexity index is 744. The highest BCUT2D eigenvalue weighted by molar-refractivity contribution is 6.35. The van der Waals surface area contributed by atoms with E-state index in [4.69, 9.17) is 16.3 Å². The van der Waals surface area contributed by atoms with Crippen LogP contribution in [0.1, 0.15) is 37.5 Å². The molecule has 0 N–H and O–H groups in total. The molecule has 24 heavy (non-hydrogen) atoms. The molecule has 0 aromatic heterocycles. The van der Waals surface area contributed by atoms with Crippen LogP contribution in [-0.2, 0) is 11.3 Å². The summed E-state index contributed by atoms with van der Waals surface area (Å²) in [6.07, 6.45) is 1.78. The molecule has 0 fully saturated rings. The van der Waals surface area contributed by atoms with Gasteiger partial charge in [-0.1, -0.05) is 62.9 Å². The minimum absolute atomic E-state index is 0.0238. The molecule has 2 rings (SSSR count). The lowest BCUT2D eigenvalue weighted by Crippen LogP contribution is -2.16. The Morgan fingerprint density at radius 2 is 1.92 bits per heavy atom. The van der Waals surface area contributed by atoms with Crippen molar-refractivity contribution in [2.24, 2.45) is 0 Å². The average Bonchev–Trinajstić information content (AvgIpc) is 2.51. The van der Waals surface area contributed by atoms with Crippen molar-refractivity contribution in [3.8, 4) is 16.9 Å². The minimum Gasteiger partial charge on any atom is -0.489 e. The average molecular weight is 356 g/mol. The molecule has 0 atom stereocenters. The Morgan fingerprint density at radius 1 is 1.21 bits per heavy atom. The summed E-state index contributed by atoms with van der Waals surface area (Å²) in [7, 11) is 3.67. The topological polar surface area (TPSA) is 9.23 Å². The van der Waals surface area contributed by atoms with Crippen LogP contribution in [0.5, 0.6) is 5.75 Å². The largest absolute Gasteiger partial charge is 0.489 e. The van der Waals surface area contributed by atoms with Crippen LogP contribution >= 0.6 is 11.6 Å². The summed E-state index contributed by atoms with van der Waals surface area (Å²) >= 11 is 6.23.